The van der Waals surface area contributed by atoms with E-state index in [1.54, 1.807) is 11.3 Å². The summed E-state index contributed by atoms with van der Waals surface area (Å²) in [4.78, 5) is 1.19. The molecule has 0 atom stereocenters. The maximum absolute atomic E-state index is 12.2. The van der Waals surface area contributed by atoms with Gasteiger partial charge in [-0.2, -0.15) is 0 Å². The van der Waals surface area contributed by atoms with E-state index < -0.39 is 10.0 Å². The molecule has 2 N–H and O–H groups in total. The highest BCUT2D eigenvalue weighted by molar-refractivity contribution is 7.89. The molecule has 0 spiro atoms. The van der Waals surface area contributed by atoms with Crippen molar-refractivity contribution in [2.24, 2.45) is 0 Å². The van der Waals surface area contributed by atoms with E-state index >= 15 is 0 Å². The van der Waals surface area contributed by atoms with Crippen molar-refractivity contribution in [1.82, 2.24) is 4.72 Å². The number of benzene rings is 1. The molecular formula is C14H17NO3S2. The molecule has 0 aliphatic rings. The van der Waals surface area contributed by atoms with Gasteiger partial charge in [0.25, 0.3) is 0 Å². The number of aromatic hydroxyl groups is 1. The standard InChI is InChI=1S/C14H17NO3S2/c1-14(2,13-7-4-8-19-13)10-15-20(17,18)12-6-3-5-11(16)9-12/h3-9,15-16H,10H2,1-2H3. The summed E-state index contributed by atoms with van der Waals surface area (Å²) >= 11 is 1.60. The summed E-state index contributed by atoms with van der Waals surface area (Å²) in [5.74, 6) is -0.0645. The van der Waals surface area contributed by atoms with Crippen LogP contribution in [0.4, 0.5) is 0 Å². The third kappa shape index (κ3) is 3.39. The first-order valence-electron chi connectivity index (χ1n) is 6.14. The Kier molecular flexibility index (Phi) is 4.17. The van der Waals surface area contributed by atoms with Crippen molar-refractivity contribution in [2.45, 2.75) is 24.2 Å². The SMILES string of the molecule is CC(C)(CNS(=O)(=O)c1cccc(O)c1)c1cccs1. The average Bonchev–Trinajstić information content (AvgIpc) is 2.91. The summed E-state index contributed by atoms with van der Waals surface area (Å²) in [5, 5.41) is 11.3. The molecule has 1 heterocycles. The maximum atomic E-state index is 12.2. The highest BCUT2D eigenvalue weighted by Gasteiger charge is 2.25. The minimum Gasteiger partial charge on any atom is -0.508 e. The predicted molar refractivity (Wildman–Crippen MR) is 80.6 cm³/mol. The number of hydrogen-bond acceptors (Lipinski definition) is 4. The van der Waals surface area contributed by atoms with Crippen molar-refractivity contribution >= 4 is 21.4 Å². The molecule has 2 aromatic rings. The summed E-state index contributed by atoms with van der Waals surface area (Å²) in [7, 11) is -3.61. The van der Waals surface area contributed by atoms with Crippen LogP contribution in [-0.4, -0.2) is 20.1 Å². The molecular weight excluding hydrogens is 294 g/mol. The fraction of sp³-hybridized carbons (Fsp3) is 0.286. The molecule has 6 heteroatoms. The lowest BCUT2D eigenvalue weighted by Gasteiger charge is -2.23. The summed E-state index contributed by atoms with van der Waals surface area (Å²) in [6.07, 6.45) is 0. The van der Waals surface area contributed by atoms with Crippen LogP contribution in [0.15, 0.2) is 46.7 Å². The van der Waals surface area contributed by atoms with Gasteiger partial charge < -0.3 is 5.11 Å². The Morgan fingerprint density at radius 2 is 2.00 bits per heavy atom. The molecule has 0 aliphatic heterocycles. The Morgan fingerprint density at radius 3 is 2.60 bits per heavy atom. The Balaban J connectivity index is 2.14. The second kappa shape index (κ2) is 5.55. The van der Waals surface area contributed by atoms with Gasteiger partial charge in [-0.05, 0) is 29.6 Å². The van der Waals surface area contributed by atoms with Gasteiger partial charge in [0.15, 0.2) is 0 Å². The minimum atomic E-state index is -3.61. The van der Waals surface area contributed by atoms with Gasteiger partial charge in [0, 0.05) is 16.8 Å². The van der Waals surface area contributed by atoms with Gasteiger partial charge in [-0.1, -0.05) is 26.0 Å². The summed E-state index contributed by atoms with van der Waals surface area (Å²) in [6, 6.07) is 9.59. The lowest BCUT2D eigenvalue weighted by atomic mass is 9.92. The van der Waals surface area contributed by atoms with Gasteiger partial charge in [-0.3, -0.25) is 0 Å². The summed E-state index contributed by atoms with van der Waals surface area (Å²) in [5.41, 5.74) is -0.280. The van der Waals surface area contributed by atoms with Gasteiger partial charge in [-0.25, -0.2) is 13.1 Å². The number of rotatable bonds is 5. The predicted octanol–water partition coefficient (Wildman–Crippen LogP) is 2.71. The van der Waals surface area contributed by atoms with Crippen molar-refractivity contribution in [1.29, 1.82) is 0 Å². The van der Waals surface area contributed by atoms with Crippen LogP contribution in [0.2, 0.25) is 0 Å². The molecule has 0 fully saturated rings. The van der Waals surface area contributed by atoms with Crippen LogP contribution in [0.1, 0.15) is 18.7 Å². The van der Waals surface area contributed by atoms with Gasteiger partial charge >= 0.3 is 0 Å². The second-order valence-electron chi connectivity index (χ2n) is 5.18. The van der Waals surface area contributed by atoms with Crippen LogP contribution >= 0.6 is 11.3 Å². The van der Waals surface area contributed by atoms with E-state index in [9.17, 15) is 13.5 Å². The number of phenolic OH excluding ortho intramolecular Hbond substituents is 1. The van der Waals surface area contributed by atoms with Crippen molar-refractivity contribution in [3.8, 4) is 5.75 Å². The van der Waals surface area contributed by atoms with E-state index in [2.05, 4.69) is 4.72 Å². The fourth-order valence-electron chi connectivity index (χ4n) is 1.76. The van der Waals surface area contributed by atoms with E-state index in [1.807, 2.05) is 31.4 Å². The number of thiophene rings is 1. The van der Waals surface area contributed by atoms with Crippen molar-refractivity contribution in [2.75, 3.05) is 6.54 Å². The van der Waals surface area contributed by atoms with E-state index in [1.165, 1.54) is 24.3 Å². The molecule has 0 aliphatic carbocycles. The Labute approximate surface area is 123 Å². The third-order valence-electron chi connectivity index (χ3n) is 3.02. The molecule has 0 saturated carbocycles. The van der Waals surface area contributed by atoms with E-state index in [-0.39, 0.29) is 16.1 Å². The van der Waals surface area contributed by atoms with E-state index in [4.69, 9.17) is 0 Å². The Morgan fingerprint density at radius 1 is 1.25 bits per heavy atom. The number of sulfonamides is 1. The van der Waals surface area contributed by atoms with Gasteiger partial charge in [0.1, 0.15) is 5.75 Å². The topological polar surface area (TPSA) is 66.4 Å². The Hall–Kier alpha value is -1.37. The van der Waals surface area contributed by atoms with Crippen molar-refractivity contribution < 1.29 is 13.5 Å². The molecule has 108 valence electrons. The van der Waals surface area contributed by atoms with Crippen LogP contribution in [0.25, 0.3) is 0 Å². The second-order valence-corrected chi connectivity index (χ2v) is 7.90. The van der Waals surface area contributed by atoms with E-state index in [0.717, 1.165) is 4.88 Å². The summed E-state index contributed by atoms with van der Waals surface area (Å²) < 4.78 is 27.0. The summed E-state index contributed by atoms with van der Waals surface area (Å²) in [6.45, 7) is 4.28. The number of phenols is 1. The van der Waals surface area contributed by atoms with Gasteiger partial charge in [-0.15, -0.1) is 11.3 Å². The fourth-order valence-corrected chi connectivity index (χ4v) is 3.86. The quantitative estimate of drug-likeness (QED) is 0.892. The zero-order valence-electron chi connectivity index (χ0n) is 11.3. The zero-order valence-corrected chi connectivity index (χ0v) is 13.0. The molecule has 0 unspecified atom stereocenters. The lowest BCUT2D eigenvalue weighted by Crippen LogP contribution is -2.36. The highest BCUT2D eigenvalue weighted by atomic mass is 32.2. The molecule has 20 heavy (non-hydrogen) atoms. The highest BCUT2D eigenvalue weighted by Crippen LogP contribution is 2.27. The maximum Gasteiger partial charge on any atom is 0.240 e. The smallest absolute Gasteiger partial charge is 0.240 e. The van der Waals surface area contributed by atoms with Crippen LogP contribution in [-0.2, 0) is 15.4 Å². The van der Waals surface area contributed by atoms with Crippen LogP contribution in [0.5, 0.6) is 5.75 Å². The molecule has 0 amide bonds. The molecule has 1 aromatic heterocycles. The number of nitrogens with one attached hydrogen (secondary N) is 1. The first-order valence-corrected chi connectivity index (χ1v) is 8.50. The average molecular weight is 311 g/mol. The van der Waals surface area contributed by atoms with Crippen LogP contribution < -0.4 is 4.72 Å². The van der Waals surface area contributed by atoms with Crippen LogP contribution in [0.3, 0.4) is 0 Å². The van der Waals surface area contributed by atoms with E-state index in [0.29, 0.717) is 6.54 Å². The first-order chi connectivity index (χ1) is 9.31. The van der Waals surface area contributed by atoms with Crippen molar-refractivity contribution in [3.63, 3.8) is 0 Å². The molecule has 1 aromatic carbocycles. The number of hydrogen-bond donors (Lipinski definition) is 2. The minimum absolute atomic E-state index is 0.0645. The zero-order chi connectivity index (χ0) is 14.8. The lowest BCUT2D eigenvalue weighted by molar-refractivity contribution is 0.472. The third-order valence-corrected chi connectivity index (χ3v) is 5.65. The molecule has 2 rings (SSSR count). The molecule has 0 bridgehead atoms. The molecule has 4 nitrogen and oxygen atoms in total. The van der Waals surface area contributed by atoms with Gasteiger partial charge in [0.2, 0.25) is 10.0 Å². The Bertz CT molecular complexity index is 676. The van der Waals surface area contributed by atoms with Gasteiger partial charge in [0.05, 0.1) is 4.90 Å². The van der Waals surface area contributed by atoms with Crippen LogP contribution in [0, 0.1) is 0 Å². The largest absolute Gasteiger partial charge is 0.508 e. The van der Waals surface area contributed by atoms with Crippen molar-refractivity contribution in [3.05, 3.63) is 46.7 Å². The monoisotopic (exact) mass is 311 g/mol. The molecule has 0 radical (unpaired) electrons. The normalized spacial score (nSPS) is 12.5. The molecule has 0 saturated heterocycles. The first kappa shape index (κ1) is 15.0.